The minimum atomic E-state index is -4.26. The summed E-state index contributed by atoms with van der Waals surface area (Å²) in [5.74, 6) is 4.08. The highest BCUT2D eigenvalue weighted by Crippen LogP contribution is 2.32. The van der Waals surface area contributed by atoms with Crippen LogP contribution in [0.2, 0.25) is 0 Å². The molecule has 1 N–H and O–H groups in total. The van der Waals surface area contributed by atoms with Gasteiger partial charge in [-0.2, -0.15) is 4.31 Å². The predicted molar refractivity (Wildman–Crippen MR) is 131 cm³/mol. The molecule has 11 heteroatoms. The Balaban J connectivity index is 1.96. The number of nitrogens with zero attached hydrogens (tertiary/aromatic N) is 2. The third-order valence-corrected chi connectivity index (χ3v) is 7.36. The molecule has 0 fully saturated rings. The van der Waals surface area contributed by atoms with Crippen LogP contribution in [0, 0.1) is 18.8 Å². The number of aliphatic carboxylic acids is 1. The van der Waals surface area contributed by atoms with Crippen molar-refractivity contribution in [2.24, 2.45) is 0 Å². The lowest BCUT2D eigenvalue weighted by Crippen LogP contribution is -2.50. The second kappa shape index (κ2) is 12.0. The van der Waals surface area contributed by atoms with Gasteiger partial charge in [-0.3, -0.25) is 9.59 Å². The second-order valence-corrected chi connectivity index (χ2v) is 9.91. The van der Waals surface area contributed by atoms with Gasteiger partial charge in [0.05, 0.1) is 11.4 Å². The molecule has 0 aliphatic carbocycles. The molecular weight excluding hydrogens is 488 g/mol. The maximum Gasteiger partial charge on any atom is 0.323 e. The first-order chi connectivity index (χ1) is 17.2. The molecule has 1 atom stereocenters. The van der Waals surface area contributed by atoms with E-state index in [0.717, 1.165) is 9.87 Å². The zero-order valence-corrected chi connectivity index (χ0v) is 21.1. The molecule has 0 bridgehead atoms. The summed E-state index contributed by atoms with van der Waals surface area (Å²) in [5.41, 5.74) is 1.81. The fraction of sp³-hybridized carbons (Fsp3) is 0.360. The lowest BCUT2D eigenvalue weighted by atomic mass is 10.1. The van der Waals surface area contributed by atoms with Crippen LogP contribution in [0.3, 0.4) is 0 Å². The van der Waals surface area contributed by atoms with E-state index in [2.05, 4.69) is 11.8 Å². The molecule has 1 aliphatic rings. The molecule has 2 aromatic carbocycles. The standard InChI is InChI=1S/C25H28N2O8S/c1-18-6-11-22-19(14-18)15-27(23(25(29)30)16-26(22)24(28)17-34-3)36(31,32)21-9-7-20(8-10-21)35-13-5-4-12-33-2/h6-11,14,23H,12-13,15-17H2,1-3H3,(H,29,30). The number of anilines is 1. The van der Waals surface area contributed by atoms with Crippen molar-refractivity contribution in [3.05, 3.63) is 53.6 Å². The largest absolute Gasteiger partial charge is 0.481 e. The number of fused-ring (bicyclic) bond motifs is 1. The number of rotatable bonds is 8. The third-order valence-electron chi connectivity index (χ3n) is 5.49. The molecule has 36 heavy (non-hydrogen) atoms. The molecular formula is C25H28N2O8S. The molecule has 3 rings (SSSR count). The Labute approximate surface area is 210 Å². The van der Waals surface area contributed by atoms with Gasteiger partial charge in [-0.05, 0) is 42.8 Å². The molecule has 1 heterocycles. The summed E-state index contributed by atoms with van der Waals surface area (Å²) in [7, 11) is -1.37. The van der Waals surface area contributed by atoms with Gasteiger partial charge in [0.2, 0.25) is 10.0 Å². The molecule has 1 unspecified atom stereocenters. The van der Waals surface area contributed by atoms with Crippen molar-refractivity contribution >= 4 is 27.6 Å². The molecule has 2 aromatic rings. The number of ether oxygens (including phenoxy) is 3. The second-order valence-electron chi connectivity index (χ2n) is 8.02. The van der Waals surface area contributed by atoms with E-state index in [1.807, 2.05) is 6.92 Å². The van der Waals surface area contributed by atoms with E-state index in [4.69, 9.17) is 14.2 Å². The van der Waals surface area contributed by atoms with E-state index in [0.29, 0.717) is 17.0 Å². The molecule has 1 aliphatic heterocycles. The first-order valence-corrected chi connectivity index (χ1v) is 12.4. The number of benzene rings is 2. The van der Waals surface area contributed by atoms with Crippen LogP contribution in [0.5, 0.6) is 5.75 Å². The molecule has 0 spiro atoms. The average molecular weight is 517 g/mol. The van der Waals surface area contributed by atoms with Crippen LogP contribution in [0.15, 0.2) is 47.4 Å². The summed E-state index contributed by atoms with van der Waals surface area (Å²) in [6, 6.07) is 9.35. The highest BCUT2D eigenvalue weighted by molar-refractivity contribution is 7.89. The normalized spacial score (nSPS) is 15.9. The lowest BCUT2D eigenvalue weighted by molar-refractivity contribution is -0.141. The number of sulfonamides is 1. The number of carbonyl (C=O) groups excluding carboxylic acids is 1. The topological polar surface area (TPSA) is 123 Å². The average Bonchev–Trinajstić information content (AvgIpc) is 3.02. The molecule has 0 saturated carbocycles. The Kier molecular flexibility index (Phi) is 9.06. The number of hydrogen-bond donors (Lipinski definition) is 1. The van der Waals surface area contributed by atoms with Gasteiger partial charge >= 0.3 is 5.97 Å². The van der Waals surface area contributed by atoms with Gasteiger partial charge in [-0.1, -0.05) is 29.5 Å². The van der Waals surface area contributed by atoms with Crippen LogP contribution in [0.25, 0.3) is 0 Å². The Morgan fingerprint density at radius 1 is 1.06 bits per heavy atom. The molecule has 1 amide bonds. The maximum absolute atomic E-state index is 13.7. The highest BCUT2D eigenvalue weighted by atomic mass is 32.2. The van der Waals surface area contributed by atoms with Crippen molar-refractivity contribution in [1.82, 2.24) is 4.31 Å². The van der Waals surface area contributed by atoms with Crippen molar-refractivity contribution in [2.75, 3.05) is 45.5 Å². The number of carboxylic acid groups (broad SMARTS) is 1. The van der Waals surface area contributed by atoms with Gasteiger partial charge in [0.1, 0.15) is 31.6 Å². The summed E-state index contributed by atoms with van der Waals surface area (Å²) in [6.07, 6.45) is 0. The molecule has 10 nitrogen and oxygen atoms in total. The maximum atomic E-state index is 13.7. The van der Waals surface area contributed by atoms with Gasteiger partial charge in [0.15, 0.2) is 0 Å². The SMILES string of the molecule is COCC#CCOc1ccc(S(=O)(=O)N2Cc3cc(C)ccc3N(C(=O)COC)CC2C(=O)O)cc1. The van der Waals surface area contributed by atoms with Gasteiger partial charge in [-0.15, -0.1) is 0 Å². The van der Waals surface area contributed by atoms with Crippen LogP contribution >= 0.6 is 0 Å². The summed E-state index contributed by atoms with van der Waals surface area (Å²) < 4.78 is 43.5. The number of methoxy groups -OCH3 is 2. The van der Waals surface area contributed by atoms with E-state index >= 15 is 0 Å². The van der Waals surface area contributed by atoms with Crippen LogP contribution in [0.1, 0.15) is 11.1 Å². The number of aryl methyl sites for hydroxylation is 1. The summed E-state index contributed by atoms with van der Waals surface area (Å²) >= 11 is 0. The smallest absolute Gasteiger partial charge is 0.323 e. The summed E-state index contributed by atoms with van der Waals surface area (Å²) in [5, 5.41) is 9.99. The fourth-order valence-electron chi connectivity index (χ4n) is 3.77. The Morgan fingerprint density at radius 3 is 2.39 bits per heavy atom. The number of amides is 1. The number of hydrogen-bond acceptors (Lipinski definition) is 7. The summed E-state index contributed by atoms with van der Waals surface area (Å²) in [4.78, 5) is 26.2. The van der Waals surface area contributed by atoms with Gasteiger partial charge in [0.25, 0.3) is 5.91 Å². The van der Waals surface area contributed by atoms with Crippen LogP contribution in [-0.4, -0.2) is 76.3 Å². The van der Waals surface area contributed by atoms with Crippen LogP contribution in [-0.2, 0) is 35.6 Å². The van der Waals surface area contributed by atoms with Crippen LogP contribution in [0.4, 0.5) is 5.69 Å². The Morgan fingerprint density at radius 2 is 1.75 bits per heavy atom. The lowest BCUT2D eigenvalue weighted by Gasteiger charge is -2.28. The zero-order chi connectivity index (χ0) is 26.3. The number of carboxylic acids is 1. The van der Waals surface area contributed by atoms with Gasteiger partial charge in [0, 0.05) is 26.5 Å². The molecule has 0 saturated heterocycles. The minimum absolute atomic E-state index is 0.0996. The summed E-state index contributed by atoms with van der Waals surface area (Å²) in [6.45, 7) is 1.35. The zero-order valence-electron chi connectivity index (χ0n) is 20.3. The number of carbonyl (C=O) groups is 2. The highest BCUT2D eigenvalue weighted by Gasteiger charge is 2.41. The molecule has 0 aromatic heterocycles. The first kappa shape index (κ1) is 27.2. The van der Waals surface area contributed by atoms with Crippen molar-refractivity contribution in [3.8, 4) is 17.6 Å². The van der Waals surface area contributed by atoms with E-state index in [1.54, 1.807) is 18.2 Å². The van der Waals surface area contributed by atoms with Crippen molar-refractivity contribution < 1.29 is 37.3 Å². The van der Waals surface area contributed by atoms with Crippen molar-refractivity contribution in [1.29, 1.82) is 0 Å². The Bertz CT molecular complexity index is 1270. The van der Waals surface area contributed by atoms with E-state index in [-0.39, 0.29) is 37.8 Å². The molecule has 0 radical (unpaired) electrons. The quantitative estimate of drug-likeness (QED) is 0.526. The van der Waals surface area contributed by atoms with Gasteiger partial charge in [-0.25, -0.2) is 8.42 Å². The third kappa shape index (κ3) is 6.22. The van der Waals surface area contributed by atoms with Crippen molar-refractivity contribution in [2.45, 2.75) is 24.4 Å². The minimum Gasteiger partial charge on any atom is -0.481 e. The van der Waals surface area contributed by atoms with E-state index in [1.165, 1.54) is 43.4 Å². The Hall–Kier alpha value is -3.43. The first-order valence-electron chi connectivity index (χ1n) is 11.0. The van der Waals surface area contributed by atoms with Gasteiger partial charge < -0.3 is 24.2 Å². The monoisotopic (exact) mass is 516 g/mol. The van der Waals surface area contributed by atoms with E-state index in [9.17, 15) is 23.1 Å². The predicted octanol–water partition coefficient (Wildman–Crippen LogP) is 1.66. The van der Waals surface area contributed by atoms with E-state index < -0.39 is 27.9 Å². The van der Waals surface area contributed by atoms with Crippen LogP contribution < -0.4 is 9.64 Å². The van der Waals surface area contributed by atoms with Crippen molar-refractivity contribution in [3.63, 3.8) is 0 Å². The fourth-order valence-corrected chi connectivity index (χ4v) is 5.32. The molecule has 192 valence electrons.